The molecule has 0 amide bonds. The van der Waals surface area contributed by atoms with E-state index in [9.17, 15) is 14.4 Å². The van der Waals surface area contributed by atoms with Crippen LogP contribution in [0.4, 0.5) is 0 Å². The Balaban J connectivity index is 1.89. The van der Waals surface area contributed by atoms with Crippen molar-refractivity contribution in [2.24, 2.45) is 29.1 Å². The summed E-state index contributed by atoms with van der Waals surface area (Å²) in [6.07, 6.45) is 6.07. The van der Waals surface area contributed by atoms with E-state index in [1.54, 1.807) is 0 Å². The van der Waals surface area contributed by atoms with Crippen LogP contribution in [-0.4, -0.2) is 31.9 Å². The second kappa shape index (κ2) is 5.11. The molecule has 0 unspecified atom stereocenters. The lowest BCUT2D eigenvalue weighted by Gasteiger charge is -2.56. The Morgan fingerprint density at radius 1 is 0.857 bits per heavy atom. The summed E-state index contributed by atoms with van der Waals surface area (Å²) in [5.74, 6) is -1.51. The van der Waals surface area contributed by atoms with Crippen LogP contribution >= 0.6 is 0 Å². The number of ether oxygens (including phenoxy) is 2. The van der Waals surface area contributed by atoms with E-state index in [2.05, 4.69) is 9.47 Å². The molecule has 0 aromatic heterocycles. The Morgan fingerprint density at radius 3 is 1.57 bits per heavy atom. The Kier molecular flexibility index (Phi) is 3.54. The maximum absolute atomic E-state index is 13.0. The second-order valence-corrected chi connectivity index (χ2v) is 7.04. The van der Waals surface area contributed by atoms with Crippen LogP contribution in [0.2, 0.25) is 0 Å². The molecule has 4 bridgehead atoms. The molecular formula is C16H22O5. The van der Waals surface area contributed by atoms with Gasteiger partial charge in [0.1, 0.15) is 0 Å². The highest BCUT2D eigenvalue weighted by atomic mass is 16.5. The zero-order chi connectivity index (χ0) is 15.2. The molecule has 4 fully saturated rings. The van der Waals surface area contributed by atoms with E-state index < -0.39 is 23.3 Å². The fraction of sp³-hybridized carbons (Fsp3) is 0.812. The standard InChI is InChI=1S/C16H22O5/c1-20-14(18)12(15(19)21-2)13(17)16-6-9-3-10(7-16)5-11(4-9)8-16/h9-12H,3-8H2,1-2H3. The van der Waals surface area contributed by atoms with Crippen molar-refractivity contribution in [2.45, 2.75) is 38.5 Å². The minimum atomic E-state index is -1.41. The predicted octanol–water partition coefficient (Wildman–Crippen LogP) is 1.73. The second-order valence-electron chi connectivity index (χ2n) is 7.04. The molecule has 4 rings (SSSR count). The predicted molar refractivity (Wildman–Crippen MR) is 73.1 cm³/mol. The topological polar surface area (TPSA) is 69.7 Å². The van der Waals surface area contributed by atoms with Crippen molar-refractivity contribution in [3.63, 3.8) is 0 Å². The molecule has 0 aromatic carbocycles. The minimum absolute atomic E-state index is 0.264. The van der Waals surface area contributed by atoms with Crippen molar-refractivity contribution in [3.8, 4) is 0 Å². The lowest BCUT2D eigenvalue weighted by atomic mass is 9.47. The van der Waals surface area contributed by atoms with Crippen LogP contribution in [0, 0.1) is 29.1 Å². The van der Waals surface area contributed by atoms with E-state index in [-0.39, 0.29) is 5.78 Å². The fourth-order valence-corrected chi connectivity index (χ4v) is 5.26. The molecule has 0 atom stereocenters. The molecule has 21 heavy (non-hydrogen) atoms. The smallest absolute Gasteiger partial charge is 0.327 e. The molecule has 0 aliphatic heterocycles. The number of carbonyl (C=O) groups excluding carboxylic acids is 3. The number of rotatable bonds is 4. The van der Waals surface area contributed by atoms with E-state index >= 15 is 0 Å². The Morgan fingerprint density at radius 2 is 1.24 bits per heavy atom. The van der Waals surface area contributed by atoms with Crippen molar-refractivity contribution in [3.05, 3.63) is 0 Å². The highest BCUT2D eigenvalue weighted by Gasteiger charge is 2.58. The van der Waals surface area contributed by atoms with Crippen molar-refractivity contribution < 1.29 is 23.9 Å². The average molecular weight is 294 g/mol. The van der Waals surface area contributed by atoms with Gasteiger partial charge in [-0.25, -0.2) is 0 Å². The van der Waals surface area contributed by atoms with Gasteiger partial charge in [0.05, 0.1) is 14.2 Å². The first-order valence-corrected chi connectivity index (χ1v) is 7.69. The highest BCUT2D eigenvalue weighted by molar-refractivity contribution is 6.16. The number of esters is 2. The monoisotopic (exact) mass is 294 g/mol. The molecule has 0 radical (unpaired) electrons. The first-order chi connectivity index (χ1) is 9.99. The quantitative estimate of drug-likeness (QED) is 0.583. The van der Waals surface area contributed by atoms with Gasteiger partial charge in [0, 0.05) is 5.41 Å². The summed E-state index contributed by atoms with van der Waals surface area (Å²) in [4.78, 5) is 36.8. The zero-order valence-corrected chi connectivity index (χ0v) is 12.6. The van der Waals surface area contributed by atoms with Crippen LogP contribution in [0.5, 0.6) is 0 Å². The van der Waals surface area contributed by atoms with Crippen molar-refractivity contribution >= 4 is 17.7 Å². The Bertz CT molecular complexity index is 430. The fourth-order valence-electron chi connectivity index (χ4n) is 5.26. The maximum atomic E-state index is 13.0. The van der Waals surface area contributed by atoms with Crippen molar-refractivity contribution in [1.82, 2.24) is 0 Å². The molecule has 5 nitrogen and oxygen atoms in total. The van der Waals surface area contributed by atoms with Crippen molar-refractivity contribution in [2.75, 3.05) is 14.2 Å². The van der Waals surface area contributed by atoms with Gasteiger partial charge in [-0.05, 0) is 56.3 Å². The molecule has 4 saturated carbocycles. The summed E-state index contributed by atoms with van der Waals surface area (Å²) in [6, 6.07) is 0. The molecule has 0 spiro atoms. The van der Waals surface area contributed by atoms with Gasteiger partial charge in [-0.15, -0.1) is 0 Å². The number of ketones is 1. The molecule has 0 N–H and O–H groups in total. The van der Waals surface area contributed by atoms with Gasteiger partial charge in [-0.2, -0.15) is 0 Å². The van der Waals surface area contributed by atoms with Crippen LogP contribution in [0.25, 0.3) is 0 Å². The summed E-state index contributed by atoms with van der Waals surface area (Å²) in [7, 11) is 2.40. The summed E-state index contributed by atoms with van der Waals surface area (Å²) in [5, 5.41) is 0. The average Bonchev–Trinajstić information content (AvgIpc) is 2.45. The van der Waals surface area contributed by atoms with E-state index in [1.807, 2.05) is 0 Å². The van der Waals surface area contributed by atoms with E-state index in [1.165, 1.54) is 33.5 Å². The largest absolute Gasteiger partial charge is 0.468 e. The van der Waals surface area contributed by atoms with Crippen LogP contribution in [-0.2, 0) is 23.9 Å². The zero-order valence-electron chi connectivity index (χ0n) is 12.6. The maximum Gasteiger partial charge on any atom is 0.327 e. The van der Waals surface area contributed by atoms with Gasteiger partial charge in [0.25, 0.3) is 0 Å². The molecule has 0 saturated heterocycles. The first-order valence-electron chi connectivity index (χ1n) is 7.69. The molecule has 0 heterocycles. The van der Waals surface area contributed by atoms with Crippen LogP contribution in [0.1, 0.15) is 38.5 Å². The van der Waals surface area contributed by atoms with Crippen LogP contribution in [0.3, 0.4) is 0 Å². The number of hydrogen-bond donors (Lipinski definition) is 0. The number of hydrogen-bond acceptors (Lipinski definition) is 5. The first kappa shape index (κ1) is 14.5. The summed E-state index contributed by atoms with van der Waals surface area (Å²) < 4.78 is 9.32. The molecule has 0 aromatic rings. The van der Waals surface area contributed by atoms with E-state index in [0.29, 0.717) is 17.8 Å². The van der Waals surface area contributed by atoms with Gasteiger partial charge in [-0.1, -0.05) is 0 Å². The Hall–Kier alpha value is -1.39. The van der Waals surface area contributed by atoms with Gasteiger partial charge >= 0.3 is 11.9 Å². The lowest BCUT2D eigenvalue weighted by molar-refractivity contribution is -0.169. The highest BCUT2D eigenvalue weighted by Crippen LogP contribution is 2.61. The molecule has 5 heteroatoms. The summed E-state index contributed by atoms with van der Waals surface area (Å²) in [5.41, 5.74) is -0.498. The van der Waals surface area contributed by atoms with Gasteiger partial charge < -0.3 is 9.47 Å². The number of carbonyl (C=O) groups is 3. The minimum Gasteiger partial charge on any atom is -0.468 e. The van der Waals surface area contributed by atoms with Crippen LogP contribution in [0.15, 0.2) is 0 Å². The third-order valence-corrected chi connectivity index (χ3v) is 5.70. The van der Waals surface area contributed by atoms with Gasteiger partial charge in [0.2, 0.25) is 5.92 Å². The number of methoxy groups -OCH3 is 2. The molecular weight excluding hydrogens is 272 g/mol. The van der Waals surface area contributed by atoms with Crippen LogP contribution < -0.4 is 0 Å². The van der Waals surface area contributed by atoms with Gasteiger partial charge in [-0.3, -0.25) is 14.4 Å². The molecule has 4 aliphatic carbocycles. The molecule has 4 aliphatic rings. The number of Topliss-reactive ketones (excluding diaryl/α,β-unsaturated/α-hetero) is 1. The summed E-state index contributed by atoms with van der Waals surface area (Å²) in [6.45, 7) is 0. The third kappa shape index (κ3) is 2.27. The summed E-state index contributed by atoms with van der Waals surface area (Å²) >= 11 is 0. The third-order valence-electron chi connectivity index (χ3n) is 5.70. The lowest BCUT2D eigenvalue weighted by Crippen LogP contribution is -2.54. The van der Waals surface area contributed by atoms with Gasteiger partial charge in [0.15, 0.2) is 5.78 Å². The Labute approximate surface area is 124 Å². The van der Waals surface area contributed by atoms with E-state index in [0.717, 1.165) is 19.3 Å². The normalized spacial score (nSPS) is 36.6. The SMILES string of the molecule is COC(=O)C(C(=O)OC)C(=O)C12CC3CC(CC(C3)C1)C2. The molecule has 116 valence electrons. The van der Waals surface area contributed by atoms with Crippen molar-refractivity contribution in [1.29, 1.82) is 0 Å². The van der Waals surface area contributed by atoms with E-state index in [4.69, 9.17) is 0 Å².